The number of benzene rings is 1. The molecule has 1 amide bonds. The summed E-state index contributed by atoms with van der Waals surface area (Å²) in [6.45, 7) is 1.57. The first-order chi connectivity index (χ1) is 11.7. The van der Waals surface area contributed by atoms with Crippen LogP contribution >= 0.6 is 11.6 Å². The smallest absolute Gasteiger partial charge is 0.289 e. The fourth-order valence-electron chi connectivity index (χ4n) is 3.23. The van der Waals surface area contributed by atoms with Crippen LogP contribution in [-0.4, -0.2) is 29.4 Å². The molecule has 0 aliphatic carbocycles. The second-order valence-electron chi connectivity index (χ2n) is 5.95. The number of H-pyrrole nitrogens is 1. The second-order valence-corrected chi connectivity index (χ2v) is 6.38. The Morgan fingerprint density at radius 1 is 1.38 bits per heavy atom. The Bertz CT molecular complexity index is 912. The molecule has 0 radical (unpaired) electrons. The average Bonchev–Trinajstić information content (AvgIpc) is 3.18. The average molecular weight is 345 g/mol. The van der Waals surface area contributed by atoms with Crippen molar-refractivity contribution in [1.29, 1.82) is 0 Å². The number of nitrogens with zero attached hydrogens (tertiary/aromatic N) is 1. The third kappa shape index (κ3) is 2.60. The number of aromatic amines is 1. The van der Waals surface area contributed by atoms with Gasteiger partial charge in [-0.2, -0.15) is 0 Å². The van der Waals surface area contributed by atoms with E-state index in [9.17, 15) is 4.79 Å². The van der Waals surface area contributed by atoms with Crippen LogP contribution in [0.15, 0.2) is 34.7 Å². The van der Waals surface area contributed by atoms with E-state index in [-0.39, 0.29) is 5.91 Å². The second kappa shape index (κ2) is 6.00. The van der Waals surface area contributed by atoms with Crippen molar-refractivity contribution in [1.82, 2.24) is 9.88 Å². The maximum Gasteiger partial charge on any atom is 0.289 e. The molecule has 0 bridgehead atoms. The minimum absolute atomic E-state index is 0.0978. The van der Waals surface area contributed by atoms with Gasteiger partial charge >= 0.3 is 0 Å². The topological polar surface area (TPSA) is 58.5 Å². The van der Waals surface area contributed by atoms with Crippen molar-refractivity contribution in [3.8, 4) is 0 Å². The number of nitrogens with one attached hydrogen (secondary N) is 1. The SMILES string of the molecule is COCc1ccc(C(=O)N2CCc3[nH]c4ccc(Cl)cc4c3C2)o1. The van der Waals surface area contributed by atoms with Crippen molar-refractivity contribution in [2.24, 2.45) is 0 Å². The van der Waals surface area contributed by atoms with Gasteiger partial charge in [-0.1, -0.05) is 11.6 Å². The number of hydrogen-bond donors (Lipinski definition) is 1. The van der Waals surface area contributed by atoms with Gasteiger partial charge in [-0.25, -0.2) is 0 Å². The van der Waals surface area contributed by atoms with E-state index in [4.69, 9.17) is 20.8 Å². The van der Waals surface area contributed by atoms with Gasteiger partial charge in [0.05, 0.1) is 0 Å². The van der Waals surface area contributed by atoms with Gasteiger partial charge < -0.3 is 19.0 Å². The third-order valence-electron chi connectivity index (χ3n) is 4.38. The molecule has 1 aliphatic heterocycles. The highest BCUT2D eigenvalue weighted by Gasteiger charge is 2.26. The highest BCUT2D eigenvalue weighted by atomic mass is 35.5. The molecule has 124 valence electrons. The number of amides is 1. The van der Waals surface area contributed by atoms with Crippen molar-refractivity contribution in [3.05, 3.63) is 58.1 Å². The number of rotatable bonds is 3. The molecule has 1 aliphatic rings. The van der Waals surface area contributed by atoms with E-state index in [0.717, 1.165) is 22.9 Å². The number of aromatic nitrogens is 1. The zero-order chi connectivity index (χ0) is 16.7. The molecule has 0 unspecified atom stereocenters. The molecule has 3 aromatic rings. The van der Waals surface area contributed by atoms with E-state index in [1.54, 1.807) is 19.2 Å². The predicted octanol–water partition coefficient (Wildman–Crippen LogP) is 3.76. The van der Waals surface area contributed by atoms with Crippen LogP contribution in [-0.2, 0) is 24.3 Å². The van der Waals surface area contributed by atoms with Gasteiger partial charge in [-0.05, 0) is 30.3 Å². The van der Waals surface area contributed by atoms with Crippen LogP contribution in [0.25, 0.3) is 10.9 Å². The molecular formula is C18H17ClN2O3. The lowest BCUT2D eigenvalue weighted by Crippen LogP contribution is -2.35. The minimum atomic E-state index is -0.0978. The Balaban J connectivity index is 1.62. The summed E-state index contributed by atoms with van der Waals surface area (Å²) in [6, 6.07) is 9.28. The number of carbonyl (C=O) groups is 1. The molecule has 0 saturated carbocycles. The molecule has 2 aromatic heterocycles. The molecule has 0 saturated heterocycles. The Labute approximate surface area is 144 Å². The molecular weight excluding hydrogens is 328 g/mol. The highest BCUT2D eigenvalue weighted by Crippen LogP contribution is 2.30. The molecule has 0 spiro atoms. The number of furan rings is 1. The number of methoxy groups -OCH3 is 1. The molecule has 3 heterocycles. The summed E-state index contributed by atoms with van der Waals surface area (Å²) in [7, 11) is 1.60. The number of ether oxygens (including phenoxy) is 1. The summed E-state index contributed by atoms with van der Waals surface area (Å²) >= 11 is 6.12. The van der Waals surface area contributed by atoms with Crippen molar-refractivity contribution in [2.75, 3.05) is 13.7 Å². The Kier molecular flexibility index (Phi) is 3.82. The Morgan fingerprint density at radius 3 is 3.08 bits per heavy atom. The molecule has 4 rings (SSSR count). The van der Waals surface area contributed by atoms with Crippen LogP contribution in [0.5, 0.6) is 0 Å². The number of fused-ring (bicyclic) bond motifs is 3. The summed E-state index contributed by atoms with van der Waals surface area (Å²) < 4.78 is 10.6. The fourth-order valence-corrected chi connectivity index (χ4v) is 3.40. The minimum Gasteiger partial charge on any atom is -0.453 e. The van der Waals surface area contributed by atoms with E-state index in [0.29, 0.717) is 36.2 Å². The Morgan fingerprint density at radius 2 is 2.25 bits per heavy atom. The van der Waals surface area contributed by atoms with Gasteiger partial charge in [0.1, 0.15) is 12.4 Å². The lowest BCUT2D eigenvalue weighted by Gasteiger charge is -2.26. The van der Waals surface area contributed by atoms with E-state index in [1.165, 1.54) is 5.69 Å². The van der Waals surface area contributed by atoms with Crippen LogP contribution in [0.2, 0.25) is 5.02 Å². The summed E-state index contributed by atoms with van der Waals surface area (Å²) in [5.41, 5.74) is 3.37. The number of carbonyl (C=O) groups excluding carboxylic acids is 1. The monoisotopic (exact) mass is 344 g/mol. The van der Waals surface area contributed by atoms with Crippen LogP contribution in [0.4, 0.5) is 0 Å². The van der Waals surface area contributed by atoms with Crippen LogP contribution in [0.3, 0.4) is 0 Å². The van der Waals surface area contributed by atoms with Crippen molar-refractivity contribution in [3.63, 3.8) is 0 Å². The molecule has 0 atom stereocenters. The lowest BCUT2D eigenvalue weighted by molar-refractivity contribution is 0.0695. The molecule has 5 nitrogen and oxygen atoms in total. The summed E-state index contributed by atoms with van der Waals surface area (Å²) in [5.74, 6) is 0.903. The predicted molar refractivity (Wildman–Crippen MR) is 91.2 cm³/mol. The first-order valence-corrected chi connectivity index (χ1v) is 8.19. The highest BCUT2D eigenvalue weighted by molar-refractivity contribution is 6.31. The zero-order valence-corrected chi connectivity index (χ0v) is 14.0. The van der Waals surface area contributed by atoms with Crippen molar-refractivity contribution < 1.29 is 13.9 Å². The first-order valence-electron chi connectivity index (χ1n) is 7.81. The maximum absolute atomic E-state index is 12.7. The third-order valence-corrected chi connectivity index (χ3v) is 4.62. The van der Waals surface area contributed by atoms with Gasteiger partial charge in [-0.15, -0.1) is 0 Å². The quantitative estimate of drug-likeness (QED) is 0.787. The van der Waals surface area contributed by atoms with Crippen molar-refractivity contribution >= 4 is 28.4 Å². The van der Waals surface area contributed by atoms with Crippen LogP contribution in [0, 0.1) is 0 Å². The normalized spacial score (nSPS) is 14.2. The maximum atomic E-state index is 12.7. The molecule has 6 heteroatoms. The van der Waals surface area contributed by atoms with Gasteiger partial charge in [-0.3, -0.25) is 4.79 Å². The van der Waals surface area contributed by atoms with Crippen LogP contribution < -0.4 is 0 Å². The van der Waals surface area contributed by atoms with E-state index in [1.807, 2.05) is 23.1 Å². The molecule has 0 fully saturated rings. The van der Waals surface area contributed by atoms with Gasteiger partial charge in [0.25, 0.3) is 5.91 Å². The van der Waals surface area contributed by atoms with E-state index < -0.39 is 0 Å². The van der Waals surface area contributed by atoms with Crippen LogP contribution in [0.1, 0.15) is 27.6 Å². The zero-order valence-electron chi connectivity index (χ0n) is 13.3. The van der Waals surface area contributed by atoms with Gasteiger partial charge in [0, 0.05) is 53.8 Å². The first kappa shape index (κ1) is 15.3. The van der Waals surface area contributed by atoms with E-state index in [2.05, 4.69) is 4.98 Å². The largest absolute Gasteiger partial charge is 0.453 e. The fraction of sp³-hybridized carbons (Fsp3) is 0.278. The lowest BCUT2D eigenvalue weighted by atomic mass is 10.0. The van der Waals surface area contributed by atoms with Gasteiger partial charge in [0.15, 0.2) is 5.76 Å². The summed E-state index contributed by atoms with van der Waals surface area (Å²) in [6.07, 6.45) is 0.791. The molecule has 1 N–H and O–H groups in total. The van der Waals surface area contributed by atoms with Crippen molar-refractivity contribution in [2.45, 2.75) is 19.6 Å². The number of halogens is 1. The Hall–Kier alpha value is -2.24. The summed E-state index contributed by atoms with van der Waals surface area (Å²) in [4.78, 5) is 17.9. The standard InChI is InChI=1S/C18H17ClN2O3/c1-23-10-12-3-5-17(24-12)18(22)21-7-6-16-14(9-21)13-8-11(19)2-4-15(13)20-16/h2-5,8,20H,6-7,9-10H2,1H3. The van der Waals surface area contributed by atoms with Gasteiger partial charge in [0.2, 0.25) is 0 Å². The molecule has 24 heavy (non-hydrogen) atoms. The summed E-state index contributed by atoms with van der Waals surface area (Å²) in [5, 5.41) is 1.78. The van der Waals surface area contributed by atoms with E-state index >= 15 is 0 Å². The molecule has 1 aromatic carbocycles. The number of hydrogen-bond acceptors (Lipinski definition) is 3.